The SMILES string of the molecule is OCc1cc(CBr)nc(C(F)F)c1Br. The van der Waals surface area contributed by atoms with Crippen LogP contribution in [0.4, 0.5) is 8.78 Å². The molecule has 0 saturated carbocycles. The number of rotatable bonds is 3. The van der Waals surface area contributed by atoms with E-state index in [4.69, 9.17) is 5.11 Å². The van der Waals surface area contributed by atoms with Crippen LogP contribution in [-0.4, -0.2) is 10.1 Å². The largest absolute Gasteiger partial charge is 0.392 e. The van der Waals surface area contributed by atoms with Crippen molar-refractivity contribution in [1.82, 2.24) is 4.98 Å². The lowest BCUT2D eigenvalue weighted by atomic mass is 10.2. The lowest BCUT2D eigenvalue weighted by molar-refractivity contribution is 0.144. The van der Waals surface area contributed by atoms with Crippen LogP contribution in [0.5, 0.6) is 0 Å². The van der Waals surface area contributed by atoms with E-state index in [1.54, 1.807) is 6.07 Å². The smallest absolute Gasteiger partial charge is 0.281 e. The summed E-state index contributed by atoms with van der Waals surface area (Å²) in [5.74, 6) is 0. The number of alkyl halides is 3. The third-order valence-corrected chi connectivity index (χ3v) is 3.12. The van der Waals surface area contributed by atoms with Crippen molar-refractivity contribution in [2.75, 3.05) is 0 Å². The Labute approximate surface area is 96.6 Å². The maximum atomic E-state index is 12.5. The van der Waals surface area contributed by atoms with Gasteiger partial charge in [-0.25, -0.2) is 13.8 Å². The van der Waals surface area contributed by atoms with Gasteiger partial charge < -0.3 is 5.11 Å². The van der Waals surface area contributed by atoms with Gasteiger partial charge in [0.25, 0.3) is 6.43 Å². The fraction of sp³-hybridized carbons (Fsp3) is 0.375. The third kappa shape index (κ3) is 2.49. The molecule has 6 heteroatoms. The van der Waals surface area contributed by atoms with Crippen LogP contribution < -0.4 is 0 Å². The Hall–Kier alpha value is -0.0700. The van der Waals surface area contributed by atoms with Gasteiger partial charge in [0, 0.05) is 5.33 Å². The van der Waals surface area contributed by atoms with Crippen LogP contribution in [0.1, 0.15) is 23.4 Å². The molecule has 0 amide bonds. The van der Waals surface area contributed by atoms with Crippen LogP contribution in [0.25, 0.3) is 0 Å². The van der Waals surface area contributed by atoms with Crippen molar-refractivity contribution in [1.29, 1.82) is 0 Å². The molecule has 1 aromatic rings. The Morgan fingerprint density at radius 2 is 2.14 bits per heavy atom. The second-order valence-electron chi connectivity index (χ2n) is 2.56. The number of hydrogen-bond acceptors (Lipinski definition) is 2. The maximum Gasteiger partial charge on any atom is 0.281 e. The highest BCUT2D eigenvalue weighted by molar-refractivity contribution is 9.10. The average Bonchev–Trinajstić information content (AvgIpc) is 2.17. The minimum atomic E-state index is -2.64. The van der Waals surface area contributed by atoms with Gasteiger partial charge in [0.15, 0.2) is 0 Å². The van der Waals surface area contributed by atoms with E-state index in [0.717, 1.165) is 0 Å². The van der Waals surface area contributed by atoms with Gasteiger partial charge in [-0.1, -0.05) is 15.9 Å². The highest BCUT2D eigenvalue weighted by Gasteiger charge is 2.17. The van der Waals surface area contributed by atoms with Crippen molar-refractivity contribution in [2.45, 2.75) is 18.4 Å². The zero-order valence-electron chi connectivity index (χ0n) is 6.98. The summed E-state index contributed by atoms with van der Waals surface area (Å²) in [5.41, 5.74) is 0.573. The Morgan fingerprint density at radius 1 is 1.50 bits per heavy atom. The Bertz CT molecular complexity index is 333. The molecule has 0 radical (unpaired) electrons. The molecule has 1 aromatic heterocycles. The van der Waals surface area contributed by atoms with E-state index in [2.05, 4.69) is 36.8 Å². The highest BCUT2D eigenvalue weighted by Crippen LogP contribution is 2.29. The van der Waals surface area contributed by atoms with Crippen molar-refractivity contribution in [3.8, 4) is 0 Å². The molecule has 0 unspecified atom stereocenters. The Balaban J connectivity index is 3.27. The average molecular weight is 331 g/mol. The monoisotopic (exact) mass is 329 g/mol. The van der Waals surface area contributed by atoms with Gasteiger partial charge in [-0.3, -0.25) is 0 Å². The van der Waals surface area contributed by atoms with Gasteiger partial charge in [-0.05, 0) is 27.6 Å². The molecule has 1 N–H and O–H groups in total. The summed E-state index contributed by atoms with van der Waals surface area (Å²) in [6.45, 7) is -0.289. The number of hydrogen-bond donors (Lipinski definition) is 1. The fourth-order valence-corrected chi connectivity index (χ4v) is 1.78. The number of aliphatic hydroxyl groups excluding tert-OH is 1. The molecule has 2 nitrogen and oxygen atoms in total. The van der Waals surface area contributed by atoms with E-state index in [1.807, 2.05) is 0 Å². The molecule has 0 atom stereocenters. The molecule has 0 bridgehead atoms. The molecule has 0 saturated heterocycles. The van der Waals surface area contributed by atoms with E-state index in [9.17, 15) is 8.78 Å². The minimum absolute atomic E-state index is 0.180. The number of halogens is 4. The molecular formula is C8H7Br2F2NO. The summed E-state index contributed by atoms with van der Waals surface area (Å²) in [7, 11) is 0. The molecule has 0 aliphatic rings. The number of aliphatic hydroxyl groups is 1. The van der Waals surface area contributed by atoms with Gasteiger partial charge >= 0.3 is 0 Å². The predicted octanol–water partition coefficient (Wildman–Crippen LogP) is 3.17. The van der Waals surface area contributed by atoms with E-state index >= 15 is 0 Å². The van der Waals surface area contributed by atoms with Crippen molar-refractivity contribution >= 4 is 31.9 Å². The molecule has 14 heavy (non-hydrogen) atoms. The van der Waals surface area contributed by atoms with Crippen LogP contribution in [0.15, 0.2) is 10.5 Å². The first-order chi connectivity index (χ1) is 6.60. The highest BCUT2D eigenvalue weighted by atomic mass is 79.9. The normalized spacial score (nSPS) is 11.0. The molecular weight excluding hydrogens is 324 g/mol. The van der Waals surface area contributed by atoms with Gasteiger partial charge in [-0.15, -0.1) is 0 Å². The van der Waals surface area contributed by atoms with E-state index in [-0.39, 0.29) is 16.8 Å². The van der Waals surface area contributed by atoms with E-state index in [0.29, 0.717) is 16.6 Å². The molecule has 0 aromatic carbocycles. The van der Waals surface area contributed by atoms with Gasteiger partial charge in [0.2, 0.25) is 0 Å². The second kappa shape index (κ2) is 5.14. The molecule has 0 spiro atoms. The summed E-state index contributed by atoms with van der Waals surface area (Å²) < 4.78 is 25.1. The first-order valence-electron chi connectivity index (χ1n) is 3.73. The molecule has 1 rings (SSSR count). The summed E-state index contributed by atoms with van der Waals surface area (Å²) in [6.07, 6.45) is -2.64. The summed E-state index contributed by atoms with van der Waals surface area (Å²) in [4.78, 5) is 3.74. The standard InChI is InChI=1S/C8H7Br2F2NO/c9-2-5-1-4(3-14)6(10)7(13-5)8(11)12/h1,8,14H,2-3H2. The lowest BCUT2D eigenvalue weighted by Gasteiger charge is -2.08. The van der Waals surface area contributed by atoms with Crippen molar-refractivity contribution in [3.05, 3.63) is 27.5 Å². The first-order valence-corrected chi connectivity index (χ1v) is 5.64. The number of pyridine rings is 1. The number of nitrogens with zero attached hydrogens (tertiary/aromatic N) is 1. The first kappa shape index (κ1) is 12.0. The minimum Gasteiger partial charge on any atom is -0.392 e. The second-order valence-corrected chi connectivity index (χ2v) is 3.92. The Morgan fingerprint density at radius 3 is 2.57 bits per heavy atom. The quantitative estimate of drug-likeness (QED) is 0.863. The maximum absolute atomic E-state index is 12.5. The molecule has 1 heterocycles. The number of aromatic nitrogens is 1. The lowest BCUT2D eigenvalue weighted by Crippen LogP contribution is -2.00. The van der Waals surface area contributed by atoms with Crippen LogP contribution in [0.2, 0.25) is 0 Å². The topological polar surface area (TPSA) is 33.1 Å². The summed E-state index contributed by atoms with van der Waals surface area (Å²) >= 11 is 6.11. The third-order valence-electron chi connectivity index (χ3n) is 1.63. The van der Waals surface area contributed by atoms with Crippen molar-refractivity contribution < 1.29 is 13.9 Å². The van der Waals surface area contributed by atoms with Crippen molar-refractivity contribution in [2.24, 2.45) is 0 Å². The molecule has 78 valence electrons. The Kier molecular flexibility index (Phi) is 4.40. The molecule has 0 fully saturated rings. The van der Waals surface area contributed by atoms with E-state index in [1.165, 1.54) is 0 Å². The van der Waals surface area contributed by atoms with E-state index < -0.39 is 6.43 Å². The summed E-state index contributed by atoms with van der Waals surface area (Å²) in [5, 5.41) is 9.31. The summed E-state index contributed by atoms with van der Waals surface area (Å²) in [6, 6.07) is 1.57. The van der Waals surface area contributed by atoms with Crippen LogP contribution in [-0.2, 0) is 11.9 Å². The zero-order chi connectivity index (χ0) is 10.7. The van der Waals surface area contributed by atoms with Gasteiger partial charge in [0.1, 0.15) is 5.69 Å². The molecule has 0 aliphatic heterocycles. The molecule has 0 aliphatic carbocycles. The van der Waals surface area contributed by atoms with Crippen molar-refractivity contribution in [3.63, 3.8) is 0 Å². The predicted molar refractivity (Wildman–Crippen MR) is 55.4 cm³/mol. The van der Waals surface area contributed by atoms with Gasteiger partial charge in [-0.2, -0.15) is 0 Å². The fourth-order valence-electron chi connectivity index (χ4n) is 0.993. The van der Waals surface area contributed by atoms with Crippen LogP contribution in [0.3, 0.4) is 0 Å². The van der Waals surface area contributed by atoms with Crippen LogP contribution in [0, 0.1) is 0 Å². The van der Waals surface area contributed by atoms with Crippen LogP contribution >= 0.6 is 31.9 Å². The zero-order valence-corrected chi connectivity index (χ0v) is 10.1. The van der Waals surface area contributed by atoms with Gasteiger partial charge in [0.05, 0.1) is 16.8 Å².